The van der Waals surface area contributed by atoms with Gasteiger partial charge in [-0.05, 0) is 97.2 Å². The molecule has 0 aromatic heterocycles. The molecule has 0 radical (unpaired) electrons. The SMILES string of the molecule is CCCCc1ccc(C#Cc2ccc(C#Cc3ccc(N=C=S)cc3)c(CC)c2)cc1. The van der Waals surface area contributed by atoms with Crippen molar-refractivity contribution in [2.24, 2.45) is 4.99 Å². The molecule has 0 fully saturated rings. The van der Waals surface area contributed by atoms with E-state index in [0.717, 1.165) is 40.8 Å². The Kier molecular flexibility index (Phi) is 8.39. The summed E-state index contributed by atoms with van der Waals surface area (Å²) in [6.07, 6.45) is 4.50. The van der Waals surface area contributed by atoms with Crippen LogP contribution in [-0.4, -0.2) is 5.16 Å². The van der Waals surface area contributed by atoms with Crippen LogP contribution in [0.2, 0.25) is 0 Å². The lowest BCUT2D eigenvalue weighted by atomic mass is 10.0. The maximum atomic E-state index is 4.63. The summed E-state index contributed by atoms with van der Waals surface area (Å²) in [6.45, 7) is 4.36. The Labute approximate surface area is 191 Å². The predicted molar refractivity (Wildman–Crippen MR) is 134 cm³/mol. The average Bonchev–Trinajstić information content (AvgIpc) is 2.82. The average molecular weight is 420 g/mol. The van der Waals surface area contributed by atoms with Crippen LogP contribution in [-0.2, 0) is 12.8 Å². The van der Waals surface area contributed by atoms with E-state index in [1.165, 1.54) is 24.0 Å². The molecule has 0 bridgehead atoms. The number of hydrogen-bond acceptors (Lipinski definition) is 2. The molecule has 1 nitrogen and oxygen atoms in total. The van der Waals surface area contributed by atoms with Gasteiger partial charge in [0, 0.05) is 22.3 Å². The van der Waals surface area contributed by atoms with Crippen molar-refractivity contribution in [2.45, 2.75) is 39.5 Å². The van der Waals surface area contributed by atoms with Gasteiger partial charge in [-0.1, -0.05) is 56.1 Å². The fourth-order valence-corrected chi connectivity index (χ4v) is 3.28. The number of rotatable bonds is 5. The van der Waals surface area contributed by atoms with Gasteiger partial charge in [-0.2, -0.15) is 4.99 Å². The molecule has 0 amide bonds. The Bertz CT molecular complexity index is 1190. The molecule has 152 valence electrons. The summed E-state index contributed by atoms with van der Waals surface area (Å²) < 4.78 is 0. The molecule has 0 spiro atoms. The van der Waals surface area contributed by atoms with E-state index in [1.807, 2.05) is 30.3 Å². The van der Waals surface area contributed by atoms with Gasteiger partial charge in [0.1, 0.15) is 0 Å². The molecule has 31 heavy (non-hydrogen) atoms. The zero-order valence-electron chi connectivity index (χ0n) is 18.0. The quantitative estimate of drug-likeness (QED) is 0.243. The molecular weight excluding hydrogens is 394 g/mol. The standard InChI is InChI=1S/C29H25NS/c1-3-5-6-23-7-9-24(10-8-23)11-12-26-14-18-28(27(4-2)21-26)17-13-25-15-19-29(20-16-25)30-22-31/h7-10,14-16,18-21H,3-6H2,1-2H3. The Morgan fingerprint density at radius 3 is 2.00 bits per heavy atom. The lowest BCUT2D eigenvalue weighted by Gasteiger charge is -2.02. The van der Waals surface area contributed by atoms with Gasteiger partial charge in [0.15, 0.2) is 0 Å². The van der Waals surface area contributed by atoms with E-state index in [0.29, 0.717) is 0 Å². The second-order valence-electron chi connectivity index (χ2n) is 7.28. The maximum absolute atomic E-state index is 4.63. The predicted octanol–water partition coefficient (Wildman–Crippen LogP) is 7.13. The van der Waals surface area contributed by atoms with Crippen LogP contribution in [0.1, 0.15) is 60.1 Å². The van der Waals surface area contributed by atoms with E-state index in [9.17, 15) is 0 Å². The molecule has 3 aromatic carbocycles. The fraction of sp³-hybridized carbons (Fsp3) is 0.207. The second kappa shape index (κ2) is 11.7. The minimum atomic E-state index is 0.785. The van der Waals surface area contributed by atoms with Gasteiger partial charge in [-0.3, -0.25) is 0 Å². The Hall–Kier alpha value is -3.42. The maximum Gasteiger partial charge on any atom is 0.0740 e. The number of benzene rings is 3. The monoisotopic (exact) mass is 419 g/mol. The van der Waals surface area contributed by atoms with Crippen LogP contribution in [0.15, 0.2) is 71.7 Å². The first-order valence-electron chi connectivity index (χ1n) is 10.7. The molecule has 0 N–H and O–H groups in total. The molecule has 0 saturated heterocycles. The third-order valence-electron chi connectivity index (χ3n) is 4.99. The van der Waals surface area contributed by atoms with Crippen LogP contribution in [0.4, 0.5) is 5.69 Å². The van der Waals surface area contributed by atoms with Gasteiger partial charge in [0.05, 0.1) is 10.8 Å². The van der Waals surface area contributed by atoms with Crippen molar-refractivity contribution in [3.05, 3.63) is 100 Å². The molecule has 2 heteroatoms. The first-order valence-corrected chi connectivity index (χ1v) is 11.1. The lowest BCUT2D eigenvalue weighted by Crippen LogP contribution is -1.89. The summed E-state index contributed by atoms with van der Waals surface area (Å²) in [5.74, 6) is 13.1. The highest BCUT2D eigenvalue weighted by Gasteiger charge is 2.00. The van der Waals surface area contributed by atoms with Crippen molar-refractivity contribution in [1.82, 2.24) is 0 Å². The molecule has 0 aliphatic rings. The molecule has 0 unspecified atom stereocenters. The number of isothiocyanates is 1. The van der Waals surface area contributed by atoms with Gasteiger partial charge in [0.25, 0.3) is 0 Å². The number of hydrogen-bond donors (Lipinski definition) is 0. The van der Waals surface area contributed by atoms with Crippen LogP contribution < -0.4 is 0 Å². The number of nitrogens with zero attached hydrogens (tertiary/aromatic N) is 1. The summed E-state index contributed by atoms with van der Waals surface area (Å²) in [4.78, 5) is 3.96. The number of aryl methyl sites for hydroxylation is 2. The van der Waals surface area contributed by atoms with E-state index >= 15 is 0 Å². The van der Waals surface area contributed by atoms with Crippen molar-refractivity contribution in [2.75, 3.05) is 0 Å². The molecule has 0 atom stereocenters. The first kappa shape index (κ1) is 22.3. The van der Waals surface area contributed by atoms with E-state index < -0.39 is 0 Å². The zero-order chi connectivity index (χ0) is 21.9. The van der Waals surface area contributed by atoms with Crippen LogP contribution in [0.5, 0.6) is 0 Å². The van der Waals surface area contributed by atoms with Crippen molar-refractivity contribution in [1.29, 1.82) is 0 Å². The minimum Gasteiger partial charge on any atom is -0.195 e. The highest BCUT2D eigenvalue weighted by Crippen LogP contribution is 2.14. The van der Waals surface area contributed by atoms with Crippen LogP contribution >= 0.6 is 12.2 Å². The van der Waals surface area contributed by atoms with Gasteiger partial charge < -0.3 is 0 Å². The van der Waals surface area contributed by atoms with Crippen molar-refractivity contribution in [3.63, 3.8) is 0 Å². The van der Waals surface area contributed by atoms with Gasteiger partial charge >= 0.3 is 0 Å². The van der Waals surface area contributed by atoms with Crippen LogP contribution in [0, 0.1) is 23.7 Å². The van der Waals surface area contributed by atoms with Gasteiger partial charge in [-0.15, -0.1) is 0 Å². The largest absolute Gasteiger partial charge is 0.195 e. The third kappa shape index (κ3) is 6.80. The Morgan fingerprint density at radius 2 is 1.35 bits per heavy atom. The lowest BCUT2D eigenvalue weighted by molar-refractivity contribution is 0.795. The zero-order valence-corrected chi connectivity index (χ0v) is 18.9. The molecule has 0 aliphatic heterocycles. The Morgan fingerprint density at radius 1 is 0.742 bits per heavy atom. The van der Waals surface area contributed by atoms with Gasteiger partial charge in [0.2, 0.25) is 0 Å². The summed E-state index contributed by atoms with van der Waals surface area (Å²) in [7, 11) is 0. The number of aliphatic imine (C=N–C) groups is 1. The summed E-state index contributed by atoms with van der Waals surface area (Å²) >= 11 is 4.63. The fourth-order valence-electron chi connectivity index (χ4n) is 3.18. The molecule has 3 rings (SSSR count). The van der Waals surface area contributed by atoms with Crippen LogP contribution in [0.25, 0.3) is 0 Å². The normalized spacial score (nSPS) is 9.61. The molecule has 0 heterocycles. The van der Waals surface area contributed by atoms with Crippen molar-refractivity contribution < 1.29 is 0 Å². The highest BCUT2D eigenvalue weighted by atomic mass is 32.1. The van der Waals surface area contributed by atoms with E-state index in [4.69, 9.17) is 0 Å². The third-order valence-corrected chi connectivity index (χ3v) is 5.09. The first-order chi connectivity index (χ1) is 15.2. The molecule has 0 aliphatic carbocycles. The van der Waals surface area contributed by atoms with Crippen molar-refractivity contribution >= 4 is 23.1 Å². The highest BCUT2D eigenvalue weighted by molar-refractivity contribution is 7.78. The molecule has 0 saturated carbocycles. The number of thiocarbonyl (C=S) groups is 1. The number of unbranched alkanes of at least 4 members (excludes halogenated alkanes) is 1. The van der Waals surface area contributed by atoms with E-state index in [1.54, 1.807) is 0 Å². The van der Waals surface area contributed by atoms with E-state index in [-0.39, 0.29) is 0 Å². The molecular formula is C29H25NS. The van der Waals surface area contributed by atoms with Gasteiger partial charge in [-0.25, -0.2) is 0 Å². The summed E-state index contributed by atoms with van der Waals surface area (Å²) in [5.41, 5.74) is 7.41. The summed E-state index contributed by atoms with van der Waals surface area (Å²) in [6, 6.07) is 22.5. The molecule has 3 aromatic rings. The Balaban J connectivity index is 1.75. The minimum absolute atomic E-state index is 0.785. The smallest absolute Gasteiger partial charge is 0.0740 e. The second-order valence-corrected chi connectivity index (χ2v) is 7.46. The van der Waals surface area contributed by atoms with E-state index in [2.05, 4.69) is 96.3 Å². The van der Waals surface area contributed by atoms with Crippen LogP contribution in [0.3, 0.4) is 0 Å². The summed E-state index contributed by atoms with van der Waals surface area (Å²) in [5, 5.41) is 2.37. The topological polar surface area (TPSA) is 12.4 Å². The van der Waals surface area contributed by atoms with Crippen molar-refractivity contribution in [3.8, 4) is 23.7 Å².